The van der Waals surface area contributed by atoms with Gasteiger partial charge in [0.2, 0.25) is 0 Å². The van der Waals surface area contributed by atoms with E-state index in [1.54, 1.807) is 7.05 Å². The molecule has 0 aliphatic carbocycles. The second-order valence-corrected chi connectivity index (χ2v) is 2.62. The van der Waals surface area contributed by atoms with Gasteiger partial charge in [0, 0.05) is 12.3 Å². The second kappa shape index (κ2) is 4.41. The molecule has 0 amide bonds. The third-order valence-electron chi connectivity index (χ3n) is 1.44. The van der Waals surface area contributed by atoms with Gasteiger partial charge in [-0.1, -0.05) is 6.92 Å². The molecule has 0 aromatic rings. The van der Waals surface area contributed by atoms with Crippen molar-refractivity contribution < 1.29 is 9.90 Å². The molecule has 10 heavy (non-hydrogen) atoms. The molecule has 0 aliphatic rings. The van der Waals surface area contributed by atoms with Crippen LogP contribution in [0, 0.1) is 5.92 Å². The van der Waals surface area contributed by atoms with E-state index in [-0.39, 0.29) is 11.7 Å². The lowest BCUT2D eigenvalue weighted by Crippen LogP contribution is -2.32. The second-order valence-electron chi connectivity index (χ2n) is 2.62. The lowest BCUT2D eigenvalue weighted by atomic mass is 10.0. The van der Waals surface area contributed by atoms with Gasteiger partial charge in [-0.2, -0.15) is 0 Å². The van der Waals surface area contributed by atoms with Crippen molar-refractivity contribution in [1.82, 2.24) is 5.32 Å². The van der Waals surface area contributed by atoms with Crippen LogP contribution in [0.2, 0.25) is 0 Å². The highest BCUT2D eigenvalue weighted by atomic mass is 16.3. The number of aliphatic hydroxyl groups excluding tert-OH is 1. The Bertz CT molecular complexity index is 114. The van der Waals surface area contributed by atoms with Gasteiger partial charge in [-0.25, -0.2) is 0 Å². The fraction of sp³-hybridized carbons (Fsp3) is 0.857. The van der Waals surface area contributed by atoms with E-state index in [0.717, 1.165) is 0 Å². The molecule has 3 heteroatoms. The van der Waals surface area contributed by atoms with Gasteiger partial charge in [0.15, 0.2) is 0 Å². The number of hydrogen-bond acceptors (Lipinski definition) is 3. The average Bonchev–Trinajstić information content (AvgIpc) is 1.85. The number of rotatable bonds is 4. The van der Waals surface area contributed by atoms with Gasteiger partial charge in [-0.05, 0) is 14.0 Å². The number of Topliss-reactive ketones (excluding diaryl/α,β-unsaturated/α-hetero) is 1. The summed E-state index contributed by atoms with van der Waals surface area (Å²) in [7, 11) is 1.67. The van der Waals surface area contributed by atoms with Crippen LogP contribution in [-0.4, -0.2) is 24.2 Å². The maximum atomic E-state index is 10.5. The Kier molecular flexibility index (Phi) is 4.23. The topological polar surface area (TPSA) is 49.3 Å². The Morgan fingerprint density at radius 2 is 2.20 bits per heavy atom. The summed E-state index contributed by atoms with van der Waals surface area (Å²) < 4.78 is 0. The molecule has 0 radical (unpaired) electrons. The van der Waals surface area contributed by atoms with Crippen molar-refractivity contribution in [1.29, 1.82) is 0 Å². The molecule has 3 nitrogen and oxygen atoms in total. The largest absolute Gasteiger partial charge is 0.378 e. The maximum Gasteiger partial charge on any atom is 0.130 e. The van der Waals surface area contributed by atoms with E-state index in [2.05, 4.69) is 5.32 Å². The molecule has 60 valence electrons. The highest BCUT2D eigenvalue weighted by Gasteiger charge is 2.12. The van der Waals surface area contributed by atoms with Gasteiger partial charge >= 0.3 is 0 Å². The first-order valence-electron chi connectivity index (χ1n) is 3.42. The summed E-state index contributed by atoms with van der Waals surface area (Å²) in [4.78, 5) is 10.5. The van der Waals surface area contributed by atoms with Crippen molar-refractivity contribution in [3.8, 4) is 0 Å². The fourth-order valence-corrected chi connectivity index (χ4v) is 0.850. The van der Waals surface area contributed by atoms with Crippen molar-refractivity contribution in [2.24, 2.45) is 5.92 Å². The van der Waals surface area contributed by atoms with Crippen molar-refractivity contribution in [3.05, 3.63) is 0 Å². The van der Waals surface area contributed by atoms with Crippen LogP contribution < -0.4 is 5.32 Å². The molecule has 2 N–H and O–H groups in total. The van der Waals surface area contributed by atoms with Gasteiger partial charge in [-0.3, -0.25) is 5.32 Å². The van der Waals surface area contributed by atoms with E-state index >= 15 is 0 Å². The van der Waals surface area contributed by atoms with E-state index < -0.39 is 6.23 Å². The number of ketones is 1. The molecule has 0 heterocycles. The minimum absolute atomic E-state index is 0.00231. The summed E-state index contributed by atoms with van der Waals surface area (Å²) in [6, 6.07) is 0. The van der Waals surface area contributed by atoms with Crippen molar-refractivity contribution in [3.63, 3.8) is 0 Å². The molecule has 0 aromatic heterocycles. The quantitative estimate of drug-likeness (QED) is 0.553. The van der Waals surface area contributed by atoms with Crippen LogP contribution in [0.3, 0.4) is 0 Å². The summed E-state index contributed by atoms with van der Waals surface area (Å²) in [5, 5.41) is 11.8. The lowest BCUT2D eigenvalue weighted by molar-refractivity contribution is -0.118. The normalized spacial score (nSPS) is 16.4. The summed E-state index contributed by atoms with van der Waals surface area (Å²) >= 11 is 0. The third-order valence-corrected chi connectivity index (χ3v) is 1.44. The van der Waals surface area contributed by atoms with Crippen LogP contribution in [0.15, 0.2) is 0 Å². The first-order chi connectivity index (χ1) is 4.57. The molecule has 0 bridgehead atoms. The third kappa shape index (κ3) is 3.58. The Morgan fingerprint density at radius 3 is 2.50 bits per heavy atom. The number of hydrogen-bond donors (Lipinski definition) is 2. The molecule has 0 aliphatic heterocycles. The monoisotopic (exact) mass is 145 g/mol. The molecule has 0 spiro atoms. The predicted octanol–water partition coefficient (Wildman–Crippen LogP) is 0.139. The highest BCUT2D eigenvalue weighted by molar-refractivity contribution is 5.75. The molecule has 2 atom stereocenters. The standard InChI is InChI=1S/C7H15NO2/c1-5(4-6(2)9)7(10)8-3/h5,7-8,10H,4H2,1-3H3. The van der Waals surface area contributed by atoms with E-state index in [4.69, 9.17) is 5.11 Å². The van der Waals surface area contributed by atoms with Crippen LogP contribution in [0.25, 0.3) is 0 Å². The van der Waals surface area contributed by atoms with E-state index in [1.165, 1.54) is 6.92 Å². The van der Waals surface area contributed by atoms with Crippen LogP contribution in [0.5, 0.6) is 0 Å². The van der Waals surface area contributed by atoms with E-state index in [9.17, 15) is 4.79 Å². The van der Waals surface area contributed by atoms with Crippen LogP contribution in [0.4, 0.5) is 0 Å². The Hall–Kier alpha value is -0.410. The molecular weight excluding hydrogens is 130 g/mol. The average molecular weight is 145 g/mol. The summed E-state index contributed by atoms with van der Waals surface area (Å²) in [6.07, 6.45) is -0.133. The molecule has 0 saturated heterocycles. The van der Waals surface area contributed by atoms with Gasteiger partial charge < -0.3 is 9.90 Å². The van der Waals surface area contributed by atoms with Gasteiger partial charge in [-0.15, -0.1) is 0 Å². The van der Waals surface area contributed by atoms with Crippen LogP contribution in [-0.2, 0) is 4.79 Å². The van der Waals surface area contributed by atoms with Crippen LogP contribution >= 0.6 is 0 Å². The first-order valence-corrected chi connectivity index (χ1v) is 3.42. The van der Waals surface area contributed by atoms with Crippen molar-refractivity contribution in [2.75, 3.05) is 7.05 Å². The van der Waals surface area contributed by atoms with Crippen molar-refractivity contribution >= 4 is 5.78 Å². The van der Waals surface area contributed by atoms with Gasteiger partial charge in [0.1, 0.15) is 12.0 Å². The molecule has 0 rings (SSSR count). The van der Waals surface area contributed by atoms with Crippen molar-refractivity contribution in [2.45, 2.75) is 26.5 Å². The molecule has 0 saturated carbocycles. The number of aliphatic hydroxyl groups is 1. The molecule has 2 unspecified atom stereocenters. The van der Waals surface area contributed by atoms with Gasteiger partial charge in [0.25, 0.3) is 0 Å². The highest BCUT2D eigenvalue weighted by Crippen LogP contribution is 2.05. The lowest BCUT2D eigenvalue weighted by Gasteiger charge is -2.15. The zero-order valence-electron chi connectivity index (χ0n) is 6.72. The number of nitrogens with one attached hydrogen (secondary N) is 1. The maximum absolute atomic E-state index is 10.5. The zero-order chi connectivity index (χ0) is 8.15. The molecule has 0 fully saturated rings. The number of carbonyl (C=O) groups excluding carboxylic acids is 1. The predicted molar refractivity (Wildman–Crippen MR) is 39.5 cm³/mol. The fourth-order valence-electron chi connectivity index (χ4n) is 0.850. The van der Waals surface area contributed by atoms with E-state index in [1.807, 2.05) is 6.92 Å². The summed E-state index contributed by atoms with van der Waals surface area (Å²) in [5.74, 6) is 0.115. The Morgan fingerprint density at radius 1 is 1.70 bits per heavy atom. The smallest absolute Gasteiger partial charge is 0.130 e. The zero-order valence-corrected chi connectivity index (χ0v) is 6.72. The summed E-state index contributed by atoms with van der Waals surface area (Å²) in [5.41, 5.74) is 0. The van der Waals surface area contributed by atoms with Gasteiger partial charge in [0.05, 0.1) is 0 Å². The molecule has 0 aromatic carbocycles. The minimum atomic E-state index is -0.566. The summed E-state index contributed by atoms with van der Waals surface area (Å²) in [6.45, 7) is 3.36. The van der Waals surface area contributed by atoms with E-state index in [0.29, 0.717) is 6.42 Å². The minimum Gasteiger partial charge on any atom is -0.378 e. The Balaban J connectivity index is 3.61. The SMILES string of the molecule is CNC(O)C(C)CC(C)=O. The Labute approximate surface area is 61.4 Å². The molecular formula is C7H15NO2. The van der Waals surface area contributed by atoms with Crippen LogP contribution in [0.1, 0.15) is 20.3 Å². The first kappa shape index (κ1) is 9.59. The number of carbonyl (C=O) groups is 1.